The van der Waals surface area contributed by atoms with E-state index in [1.807, 2.05) is 32.0 Å². The van der Waals surface area contributed by atoms with E-state index in [1.165, 1.54) is 12.8 Å². The molecule has 2 amide bonds. The lowest BCUT2D eigenvalue weighted by molar-refractivity contribution is 0.248. The van der Waals surface area contributed by atoms with Crippen LogP contribution in [0.4, 0.5) is 10.5 Å². The third-order valence-electron chi connectivity index (χ3n) is 4.02. The first-order valence-electron chi connectivity index (χ1n) is 7.44. The lowest BCUT2D eigenvalue weighted by atomic mass is 10.2. The fourth-order valence-electron chi connectivity index (χ4n) is 2.73. The summed E-state index contributed by atoms with van der Waals surface area (Å²) in [5.74, 6) is 0. The van der Waals surface area contributed by atoms with E-state index in [4.69, 9.17) is 0 Å². The molecule has 5 nitrogen and oxygen atoms in total. The van der Waals surface area contributed by atoms with Crippen LogP contribution in [0.5, 0.6) is 0 Å². The molecule has 110 valence electrons. The summed E-state index contributed by atoms with van der Waals surface area (Å²) < 4.78 is 0. The normalized spacial score (nSPS) is 15.3. The molecule has 2 aromatic rings. The maximum absolute atomic E-state index is 12.0. The molecule has 1 aromatic heterocycles. The van der Waals surface area contributed by atoms with Crippen molar-refractivity contribution >= 4 is 22.8 Å². The summed E-state index contributed by atoms with van der Waals surface area (Å²) in [5, 5.41) is 5.89. The van der Waals surface area contributed by atoms with Gasteiger partial charge in [0.2, 0.25) is 0 Å². The molecule has 0 radical (unpaired) electrons. The van der Waals surface area contributed by atoms with Gasteiger partial charge in [-0.3, -0.25) is 0 Å². The number of hydrogen-bond acceptors (Lipinski definition) is 3. The molecule has 0 bridgehead atoms. The molecule has 1 aliphatic rings. The van der Waals surface area contributed by atoms with E-state index in [2.05, 4.69) is 20.6 Å². The third kappa shape index (κ3) is 3.12. The second-order valence-electron chi connectivity index (χ2n) is 5.68. The van der Waals surface area contributed by atoms with Gasteiger partial charge >= 0.3 is 6.03 Å². The van der Waals surface area contributed by atoms with Gasteiger partial charge < -0.3 is 10.6 Å². The number of amides is 2. The zero-order valence-corrected chi connectivity index (χ0v) is 12.4. The first-order chi connectivity index (χ1) is 10.1. The zero-order valence-electron chi connectivity index (χ0n) is 12.4. The molecule has 2 N–H and O–H groups in total. The van der Waals surface area contributed by atoms with Gasteiger partial charge in [-0.2, -0.15) is 0 Å². The Hall–Kier alpha value is -2.17. The van der Waals surface area contributed by atoms with Crippen molar-refractivity contribution in [3.63, 3.8) is 0 Å². The van der Waals surface area contributed by atoms with Gasteiger partial charge in [-0.1, -0.05) is 12.8 Å². The number of rotatable bonds is 2. The van der Waals surface area contributed by atoms with E-state index in [1.54, 1.807) is 0 Å². The van der Waals surface area contributed by atoms with E-state index < -0.39 is 0 Å². The number of urea groups is 1. The number of nitrogens with one attached hydrogen (secondary N) is 2. The Kier molecular flexibility index (Phi) is 3.73. The predicted octanol–water partition coefficient (Wildman–Crippen LogP) is 3.31. The lowest BCUT2D eigenvalue weighted by Crippen LogP contribution is -2.36. The van der Waals surface area contributed by atoms with Gasteiger partial charge in [0.1, 0.15) is 0 Å². The number of benzene rings is 1. The van der Waals surface area contributed by atoms with Gasteiger partial charge in [0, 0.05) is 11.7 Å². The molecule has 1 saturated carbocycles. The Morgan fingerprint density at radius 3 is 2.48 bits per heavy atom. The van der Waals surface area contributed by atoms with E-state index >= 15 is 0 Å². The molecule has 0 aliphatic heterocycles. The Labute approximate surface area is 124 Å². The summed E-state index contributed by atoms with van der Waals surface area (Å²) in [6.07, 6.45) is 4.56. The summed E-state index contributed by atoms with van der Waals surface area (Å²) in [7, 11) is 0. The van der Waals surface area contributed by atoms with Gasteiger partial charge in [-0.05, 0) is 44.9 Å². The second kappa shape index (κ2) is 5.68. The van der Waals surface area contributed by atoms with E-state index in [-0.39, 0.29) is 6.03 Å². The number of aryl methyl sites for hydroxylation is 2. The number of anilines is 1. The van der Waals surface area contributed by atoms with Crippen molar-refractivity contribution in [3.05, 3.63) is 29.6 Å². The molecule has 1 aliphatic carbocycles. The minimum Gasteiger partial charge on any atom is -0.335 e. The minimum atomic E-state index is -0.141. The highest BCUT2D eigenvalue weighted by molar-refractivity contribution is 5.92. The lowest BCUT2D eigenvalue weighted by Gasteiger charge is -2.13. The van der Waals surface area contributed by atoms with Crippen molar-refractivity contribution in [2.24, 2.45) is 0 Å². The summed E-state index contributed by atoms with van der Waals surface area (Å²) in [5.41, 5.74) is 4.24. The fourth-order valence-corrected chi connectivity index (χ4v) is 2.73. The molecule has 1 aromatic carbocycles. The van der Waals surface area contributed by atoms with Crippen LogP contribution in [0.25, 0.3) is 11.0 Å². The van der Waals surface area contributed by atoms with Crippen LogP contribution >= 0.6 is 0 Å². The predicted molar refractivity (Wildman–Crippen MR) is 83.4 cm³/mol. The highest BCUT2D eigenvalue weighted by atomic mass is 16.2. The molecule has 3 rings (SSSR count). The zero-order chi connectivity index (χ0) is 14.8. The number of hydrogen-bond donors (Lipinski definition) is 2. The Morgan fingerprint density at radius 2 is 1.76 bits per heavy atom. The van der Waals surface area contributed by atoms with Crippen molar-refractivity contribution in [2.45, 2.75) is 45.6 Å². The van der Waals surface area contributed by atoms with Gasteiger partial charge in [0.25, 0.3) is 0 Å². The molecule has 0 atom stereocenters. The Bertz CT molecular complexity index is 677. The van der Waals surface area contributed by atoms with Gasteiger partial charge in [-0.25, -0.2) is 14.8 Å². The van der Waals surface area contributed by atoms with Crippen LogP contribution in [0.15, 0.2) is 18.2 Å². The van der Waals surface area contributed by atoms with E-state index in [0.717, 1.165) is 41.0 Å². The van der Waals surface area contributed by atoms with Crippen LogP contribution in [0.3, 0.4) is 0 Å². The van der Waals surface area contributed by atoms with Crippen LogP contribution in [0, 0.1) is 13.8 Å². The van der Waals surface area contributed by atoms with Crippen molar-refractivity contribution in [2.75, 3.05) is 5.32 Å². The molecular formula is C16H20N4O. The van der Waals surface area contributed by atoms with Gasteiger partial charge in [-0.15, -0.1) is 0 Å². The molecule has 0 unspecified atom stereocenters. The molecular weight excluding hydrogens is 264 g/mol. The van der Waals surface area contributed by atoms with Gasteiger partial charge in [0.15, 0.2) is 0 Å². The van der Waals surface area contributed by atoms with Crippen LogP contribution in [0.1, 0.15) is 37.1 Å². The number of carbonyl (C=O) groups excluding carboxylic acids is 1. The summed E-state index contributed by atoms with van der Waals surface area (Å²) in [6, 6.07) is 5.79. The van der Waals surface area contributed by atoms with Crippen LogP contribution in [0.2, 0.25) is 0 Å². The monoisotopic (exact) mass is 284 g/mol. The topological polar surface area (TPSA) is 66.9 Å². The molecule has 1 fully saturated rings. The number of nitrogens with zero attached hydrogens (tertiary/aromatic N) is 2. The number of carbonyl (C=O) groups is 1. The molecule has 0 saturated heterocycles. The van der Waals surface area contributed by atoms with Gasteiger partial charge in [0.05, 0.1) is 22.4 Å². The van der Waals surface area contributed by atoms with Crippen LogP contribution in [-0.4, -0.2) is 22.0 Å². The maximum Gasteiger partial charge on any atom is 0.319 e. The first kappa shape index (κ1) is 13.8. The van der Waals surface area contributed by atoms with Crippen molar-refractivity contribution in [3.8, 4) is 0 Å². The molecule has 1 heterocycles. The Morgan fingerprint density at radius 1 is 1.10 bits per heavy atom. The van der Waals surface area contributed by atoms with Crippen molar-refractivity contribution in [1.82, 2.24) is 15.3 Å². The maximum atomic E-state index is 12.0. The SMILES string of the molecule is Cc1nc2ccc(NC(=O)NC3CCCC3)cc2nc1C. The van der Waals surface area contributed by atoms with Crippen molar-refractivity contribution < 1.29 is 4.79 Å². The average molecular weight is 284 g/mol. The van der Waals surface area contributed by atoms with E-state index in [9.17, 15) is 4.79 Å². The molecule has 0 spiro atoms. The molecule has 5 heteroatoms. The highest BCUT2D eigenvalue weighted by Crippen LogP contribution is 2.19. The minimum absolute atomic E-state index is 0.141. The number of fused-ring (bicyclic) bond motifs is 1. The van der Waals surface area contributed by atoms with Crippen molar-refractivity contribution in [1.29, 1.82) is 0 Å². The second-order valence-corrected chi connectivity index (χ2v) is 5.68. The standard InChI is InChI=1S/C16H20N4O/c1-10-11(2)18-15-9-13(7-8-14(15)17-10)20-16(21)19-12-5-3-4-6-12/h7-9,12H,3-6H2,1-2H3,(H2,19,20,21). The van der Waals surface area contributed by atoms with Crippen LogP contribution < -0.4 is 10.6 Å². The Balaban J connectivity index is 1.74. The largest absolute Gasteiger partial charge is 0.335 e. The first-order valence-corrected chi connectivity index (χ1v) is 7.44. The molecule has 21 heavy (non-hydrogen) atoms. The quantitative estimate of drug-likeness (QED) is 0.889. The van der Waals surface area contributed by atoms with E-state index in [0.29, 0.717) is 6.04 Å². The summed E-state index contributed by atoms with van der Waals surface area (Å²) in [6.45, 7) is 3.89. The smallest absolute Gasteiger partial charge is 0.319 e. The summed E-state index contributed by atoms with van der Waals surface area (Å²) in [4.78, 5) is 21.0. The summed E-state index contributed by atoms with van der Waals surface area (Å²) >= 11 is 0. The fraction of sp³-hybridized carbons (Fsp3) is 0.438. The highest BCUT2D eigenvalue weighted by Gasteiger charge is 2.17. The number of aromatic nitrogens is 2. The van der Waals surface area contributed by atoms with Crippen LogP contribution in [-0.2, 0) is 0 Å². The third-order valence-corrected chi connectivity index (χ3v) is 4.02. The average Bonchev–Trinajstić information content (AvgIpc) is 2.93.